The third kappa shape index (κ3) is 3.69. The molecule has 0 aromatic carbocycles. The summed E-state index contributed by atoms with van der Waals surface area (Å²) >= 11 is 0. The molecule has 2 nitrogen and oxygen atoms in total. The van der Waals surface area contributed by atoms with Crippen molar-refractivity contribution < 1.29 is 9.47 Å². The third-order valence-electron chi connectivity index (χ3n) is 1.63. The second kappa shape index (κ2) is 7.07. The van der Waals surface area contributed by atoms with E-state index in [0.717, 1.165) is 0 Å². The summed E-state index contributed by atoms with van der Waals surface area (Å²) in [7, 11) is 3.36. The first-order chi connectivity index (χ1) is 5.79. The van der Waals surface area contributed by atoms with E-state index in [2.05, 4.69) is 0 Å². The zero-order chi connectivity index (χ0) is 9.40. The number of hydrogen-bond donors (Lipinski definition) is 0. The molecule has 2 atom stereocenters. The minimum absolute atomic E-state index is 0.0104. The molecule has 0 bridgehead atoms. The highest BCUT2D eigenvalue weighted by Crippen LogP contribution is 2.05. The van der Waals surface area contributed by atoms with Gasteiger partial charge >= 0.3 is 0 Å². The zero-order valence-corrected chi connectivity index (χ0v) is 8.28. The van der Waals surface area contributed by atoms with Crippen molar-refractivity contribution in [1.29, 1.82) is 0 Å². The number of rotatable bonds is 5. The Morgan fingerprint density at radius 1 is 0.833 bits per heavy atom. The quantitative estimate of drug-likeness (QED) is 0.589. The van der Waals surface area contributed by atoms with Gasteiger partial charge in [0.05, 0.1) is 0 Å². The van der Waals surface area contributed by atoms with E-state index in [0.29, 0.717) is 0 Å². The van der Waals surface area contributed by atoms with Gasteiger partial charge in [-0.1, -0.05) is 24.3 Å². The summed E-state index contributed by atoms with van der Waals surface area (Å²) in [6, 6.07) is 0. The molecule has 0 aliphatic rings. The van der Waals surface area contributed by atoms with Crippen LogP contribution in [0.2, 0.25) is 0 Å². The van der Waals surface area contributed by atoms with Gasteiger partial charge in [0.15, 0.2) is 0 Å². The van der Waals surface area contributed by atoms with Crippen LogP contribution in [0.3, 0.4) is 0 Å². The molecule has 0 rings (SSSR count). The fraction of sp³-hybridized carbons (Fsp3) is 0.600. The molecule has 0 amide bonds. The van der Waals surface area contributed by atoms with E-state index in [1.807, 2.05) is 38.2 Å². The van der Waals surface area contributed by atoms with Crippen molar-refractivity contribution in [3.8, 4) is 0 Å². The molecule has 12 heavy (non-hydrogen) atoms. The van der Waals surface area contributed by atoms with Gasteiger partial charge < -0.3 is 9.47 Å². The van der Waals surface area contributed by atoms with Crippen LogP contribution in [0.25, 0.3) is 0 Å². The average molecular weight is 170 g/mol. The lowest BCUT2D eigenvalue weighted by atomic mass is 10.2. The van der Waals surface area contributed by atoms with Crippen LogP contribution >= 0.6 is 0 Å². The van der Waals surface area contributed by atoms with Crippen molar-refractivity contribution in [2.45, 2.75) is 26.1 Å². The standard InChI is InChI=1S/C10H18O2/c1-5-7-9(11-3)10(12-4)8-6-2/h5-10H,1-4H3. The molecule has 0 aromatic rings. The van der Waals surface area contributed by atoms with Crippen molar-refractivity contribution in [2.24, 2.45) is 0 Å². The van der Waals surface area contributed by atoms with E-state index in [-0.39, 0.29) is 12.2 Å². The highest BCUT2D eigenvalue weighted by atomic mass is 16.5. The first-order valence-corrected chi connectivity index (χ1v) is 4.11. The summed E-state index contributed by atoms with van der Waals surface area (Å²) in [6.07, 6.45) is 7.91. The largest absolute Gasteiger partial charge is 0.374 e. The highest BCUT2D eigenvalue weighted by Gasteiger charge is 2.13. The molecule has 0 spiro atoms. The summed E-state index contributed by atoms with van der Waals surface area (Å²) in [5.74, 6) is 0. The summed E-state index contributed by atoms with van der Waals surface area (Å²) < 4.78 is 10.5. The molecule has 2 heteroatoms. The lowest BCUT2D eigenvalue weighted by Crippen LogP contribution is -2.25. The number of methoxy groups -OCH3 is 2. The van der Waals surface area contributed by atoms with Gasteiger partial charge in [-0.25, -0.2) is 0 Å². The molecular formula is C10H18O2. The van der Waals surface area contributed by atoms with Crippen LogP contribution in [0.1, 0.15) is 13.8 Å². The molecule has 0 radical (unpaired) electrons. The van der Waals surface area contributed by atoms with Gasteiger partial charge in [-0.05, 0) is 13.8 Å². The van der Waals surface area contributed by atoms with Gasteiger partial charge in [-0.2, -0.15) is 0 Å². The smallest absolute Gasteiger partial charge is 0.105 e. The van der Waals surface area contributed by atoms with Gasteiger partial charge in [0, 0.05) is 14.2 Å². The molecule has 0 N–H and O–H groups in total. The van der Waals surface area contributed by atoms with Crippen molar-refractivity contribution in [3.63, 3.8) is 0 Å². The molecule has 0 heterocycles. The monoisotopic (exact) mass is 170 g/mol. The molecule has 0 fully saturated rings. The Labute approximate surface area is 74.9 Å². The van der Waals surface area contributed by atoms with Crippen LogP contribution in [0.5, 0.6) is 0 Å². The normalized spacial score (nSPS) is 17.3. The second-order valence-electron chi connectivity index (χ2n) is 2.45. The Morgan fingerprint density at radius 3 is 1.33 bits per heavy atom. The first-order valence-electron chi connectivity index (χ1n) is 4.11. The van der Waals surface area contributed by atoms with Crippen molar-refractivity contribution in [3.05, 3.63) is 24.3 Å². The fourth-order valence-corrected chi connectivity index (χ4v) is 1.02. The van der Waals surface area contributed by atoms with Crippen LogP contribution in [0, 0.1) is 0 Å². The van der Waals surface area contributed by atoms with E-state index in [1.54, 1.807) is 14.2 Å². The lowest BCUT2D eigenvalue weighted by Gasteiger charge is -2.18. The minimum atomic E-state index is 0.0104. The number of ether oxygens (including phenoxy) is 2. The SMILES string of the molecule is CC=CC(OC)C(C=CC)OC. The van der Waals surface area contributed by atoms with E-state index in [4.69, 9.17) is 9.47 Å². The molecule has 0 saturated heterocycles. The van der Waals surface area contributed by atoms with Gasteiger partial charge in [-0.3, -0.25) is 0 Å². The van der Waals surface area contributed by atoms with E-state index in [9.17, 15) is 0 Å². The van der Waals surface area contributed by atoms with Crippen molar-refractivity contribution in [2.75, 3.05) is 14.2 Å². The summed E-state index contributed by atoms with van der Waals surface area (Å²) in [5, 5.41) is 0. The molecule has 0 aliphatic carbocycles. The van der Waals surface area contributed by atoms with Crippen LogP contribution in [0.4, 0.5) is 0 Å². The molecule has 2 unspecified atom stereocenters. The molecule has 0 aromatic heterocycles. The van der Waals surface area contributed by atoms with Gasteiger partial charge in [-0.15, -0.1) is 0 Å². The number of hydrogen-bond acceptors (Lipinski definition) is 2. The zero-order valence-electron chi connectivity index (χ0n) is 8.28. The predicted molar refractivity (Wildman–Crippen MR) is 51.2 cm³/mol. The minimum Gasteiger partial charge on any atom is -0.374 e. The Morgan fingerprint density at radius 2 is 1.17 bits per heavy atom. The third-order valence-corrected chi connectivity index (χ3v) is 1.63. The summed E-state index contributed by atoms with van der Waals surface area (Å²) in [5.41, 5.74) is 0. The van der Waals surface area contributed by atoms with E-state index in [1.165, 1.54) is 0 Å². The molecule has 0 saturated carbocycles. The van der Waals surface area contributed by atoms with E-state index < -0.39 is 0 Å². The predicted octanol–water partition coefficient (Wildman–Crippen LogP) is 2.17. The average Bonchev–Trinajstić information content (AvgIpc) is 2.11. The van der Waals surface area contributed by atoms with Crippen molar-refractivity contribution in [1.82, 2.24) is 0 Å². The first kappa shape index (κ1) is 11.4. The summed E-state index contributed by atoms with van der Waals surface area (Å²) in [6.45, 7) is 3.93. The van der Waals surface area contributed by atoms with Crippen LogP contribution in [-0.4, -0.2) is 26.4 Å². The maximum absolute atomic E-state index is 5.23. The Kier molecular flexibility index (Phi) is 6.72. The van der Waals surface area contributed by atoms with Gasteiger partial charge in [0.2, 0.25) is 0 Å². The number of allylic oxidation sites excluding steroid dienone is 2. The topological polar surface area (TPSA) is 18.5 Å². The summed E-state index contributed by atoms with van der Waals surface area (Å²) in [4.78, 5) is 0. The van der Waals surface area contributed by atoms with E-state index >= 15 is 0 Å². The fourth-order valence-electron chi connectivity index (χ4n) is 1.02. The molecular weight excluding hydrogens is 152 g/mol. The van der Waals surface area contributed by atoms with Crippen LogP contribution in [0.15, 0.2) is 24.3 Å². The van der Waals surface area contributed by atoms with Crippen LogP contribution < -0.4 is 0 Å². The Balaban J connectivity index is 4.21. The van der Waals surface area contributed by atoms with Crippen LogP contribution in [-0.2, 0) is 9.47 Å². The highest BCUT2D eigenvalue weighted by molar-refractivity contribution is 5.00. The van der Waals surface area contributed by atoms with Crippen molar-refractivity contribution >= 4 is 0 Å². The van der Waals surface area contributed by atoms with Gasteiger partial charge in [0.1, 0.15) is 12.2 Å². The lowest BCUT2D eigenvalue weighted by molar-refractivity contribution is 0.0150. The molecule has 0 aliphatic heterocycles. The maximum atomic E-state index is 5.23. The second-order valence-corrected chi connectivity index (χ2v) is 2.45. The van der Waals surface area contributed by atoms with Gasteiger partial charge in [0.25, 0.3) is 0 Å². The Bertz CT molecular complexity index is 132. The Hall–Kier alpha value is -0.600. The molecule has 70 valence electrons. The maximum Gasteiger partial charge on any atom is 0.105 e.